The number of hydrogen-bond donors (Lipinski definition) is 1. The number of aliphatic carboxylic acids is 1. The van der Waals surface area contributed by atoms with Crippen LogP contribution in [0.25, 0.3) is 0 Å². The first-order valence-electron chi connectivity index (χ1n) is 6.45. The smallest absolute Gasteiger partial charge is 0.307 e. The summed E-state index contributed by atoms with van der Waals surface area (Å²) in [6, 6.07) is 5.93. The lowest BCUT2D eigenvalue weighted by Crippen LogP contribution is -2.05. The zero-order valence-electron chi connectivity index (χ0n) is 11.6. The predicted octanol–water partition coefficient (Wildman–Crippen LogP) is 1.50. The van der Waals surface area contributed by atoms with E-state index in [2.05, 4.69) is 5.10 Å². The Hall–Kier alpha value is -2.15. The van der Waals surface area contributed by atoms with E-state index in [1.807, 2.05) is 6.92 Å². The molecule has 0 saturated carbocycles. The van der Waals surface area contributed by atoms with Gasteiger partial charge in [-0.25, -0.2) is 8.42 Å². The Morgan fingerprint density at radius 3 is 2.43 bits per heavy atom. The van der Waals surface area contributed by atoms with Gasteiger partial charge in [0.05, 0.1) is 23.3 Å². The zero-order valence-corrected chi connectivity index (χ0v) is 12.4. The molecule has 0 amide bonds. The molecule has 0 aliphatic heterocycles. The van der Waals surface area contributed by atoms with Crippen molar-refractivity contribution < 1.29 is 18.3 Å². The Balaban J connectivity index is 2.17. The SMILES string of the molecule is CCn1cc(CS(=O)(=O)c2ccc(CC(=O)O)cc2)cn1. The number of aryl methyl sites for hydroxylation is 1. The fraction of sp³-hybridized carbons (Fsp3) is 0.286. The molecule has 0 aliphatic carbocycles. The van der Waals surface area contributed by atoms with Gasteiger partial charge in [-0.2, -0.15) is 5.10 Å². The van der Waals surface area contributed by atoms with Gasteiger partial charge in [0.15, 0.2) is 9.84 Å². The molecule has 0 aliphatic rings. The molecule has 21 heavy (non-hydrogen) atoms. The van der Waals surface area contributed by atoms with E-state index < -0.39 is 15.8 Å². The van der Waals surface area contributed by atoms with Crippen molar-refractivity contribution in [3.05, 3.63) is 47.8 Å². The first-order valence-corrected chi connectivity index (χ1v) is 8.11. The van der Waals surface area contributed by atoms with Crippen molar-refractivity contribution in [2.24, 2.45) is 0 Å². The largest absolute Gasteiger partial charge is 0.481 e. The quantitative estimate of drug-likeness (QED) is 0.873. The third-order valence-corrected chi connectivity index (χ3v) is 4.71. The van der Waals surface area contributed by atoms with Gasteiger partial charge in [-0.05, 0) is 24.6 Å². The van der Waals surface area contributed by atoms with Crippen molar-refractivity contribution in [2.45, 2.75) is 30.5 Å². The summed E-state index contributed by atoms with van der Waals surface area (Å²) in [6.45, 7) is 2.61. The van der Waals surface area contributed by atoms with E-state index in [0.717, 1.165) is 0 Å². The number of aromatic nitrogens is 2. The third kappa shape index (κ3) is 3.91. The minimum atomic E-state index is -3.45. The molecular weight excluding hydrogens is 292 g/mol. The average molecular weight is 308 g/mol. The van der Waals surface area contributed by atoms with Gasteiger partial charge >= 0.3 is 5.97 Å². The first kappa shape index (κ1) is 15.2. The summed E-state index contributed by atoms with van der Waals surface area (Å²) in [5.74, 6) is -1.07. The molecule has 0 radical (unpaired) electrons. The summed E-state index contributed by atoms with van der Waals surface area (Å²) in [7, 11) is -3.45. The molecule has 0 saturated heterocycles. The molecule has 7 heteroatoms. The van der Waals surface area contributed by atoms with Gasteiger partial charge < -0.3 is 5.11 Å². The second-order valence-electron chi connectivity index (χ2n) is 4.68. The van der Waals surface area contributed by atoms with Gasteiger partial charge in [-0.3, -0.25) is 9.48 Å². The number of rotatable bonds is 6. The molecule has 1 aromatic carbocycles. The topological polar surface area (TPSA) is 89.3 Å². The Morgan fingerprint density at radius 1 is 1.24 bits per heavy atom. The third-order valence-electron chi connectivity index (χ3n) is 3.01. The van der Waals surface area contributed by atoms with Crippen LogP contribution in [0.15, 0.2) is 41.6 Å². The van der Waals surface area contributed by atoms with E-state index in [9.17, 15) is 13.2 Å². The van der Waals surface area contributed by atoms with Gasteiger partial charge in [0.2, 0.25) is 0 Å². The number of carboxylic acids is 1. The van der Waals surface area contributed by atoms with Gasteiger partial charge in [0, 0.05) is 18.3 Å². The molecule has 6 nitrogen and oxygen atoms in total. The van der Waals surface area contributed by atoms with E-state index in [-0.39, 0.29) is 17.1 Å². The standard InChI is InChI=1S/C14H16N2O4S/c1-2-16-9-12(8-15-16)10-21(19,20)13-5-3-11(4-6-13)7-14(17)18/h3-6,8-9H,2,7,10H2,1H3,(H,17,18). The molecule has 112 valence electrons. The number of sulfone groups is 1. The Morgan fingerprint density at radius 2 is 1.90 bits per heavy atom. The van der Waals surface area contributed by atoms with Gasteiger partial charge in [0.25, 0.3) is 0 Å². The fourth-order valence-electron chi connectivity index (χ4n) is 1.95. The second-order valence-corrected chi connectivity index (χ2v) is 6.67. The van der Waals surface area contributed by atoms with Crippen LogP contribution in [0.5, 0.6) is 0 Å². The Bertz CT molecular complexity index is 733. The molecule has 1 aromatic heterocycles. The van der Waals surface area contributed by atoms with Gasteiger partial charge in [0.1, 0.15) is 0 Å². The molecule has 0 unspecified atom stereocenters. The molecule has 0 atom stereocenters. The Kier molecular flexibility index (Phi) is 4.42. The van der Waals surface area contributed by atoms with Crippen LogP contribution >= 0.6 is 0 Å². The van der Waals surface area contributed by atoms with Crippen molar-refractivity contribution in [1.29, 1.82) is 0 Å². The Labute approximate surface area is 123 Å². The van der Waals surface area contributed by atoms with Crippen LogP contribution in [0.2, 0.25) is 0 Å². The van der Waals surface area contributed by atoms with Crippen LogP contribution in [0.3, 0.4) is 0 Å². The van der Waals surface area contributed by atoms with Crippen LogP contribution in [0, 0.1) is 0 Å². The molecule has 1 heterocycles. The maximum Gasteiger partial charge on any atom is 0.307 e. The van der Waals surface area contributed by atoms with Crippen LogP contribution in [0.1, 0.15) is 18.1 Å². The molecular formula is C14H16N2O4S. The molecule has 2 aromatic rings. The summed E-state index contributed by atoms with van der Waals surface area (Å²) >= 11 is 0. The number of nitrogens with zero attached hydrogens (tertiary/aromatic N) is 2. The lowest BCUT2D eigenvalue weighted by atomic mass is 10.2. The number of benzene rings is 1. The summed E-state index contributed by atoms with van der Waals surface area (Å²) in [5, 5.41) is 12.7. The highest BCUT2D eigenvalue weighted by Crippen LogP contribution is 2.17. The summed E-state index contributed by atoms with van der Waals surface area (Å²) in [4.78, 5) is 10.8. The number of carboxylic acid groups (broad SMARTS) is 1. The van der Waals surface area contributed by atoms with Crippen LogP contribution in [0.4, 0.5) is 0 Å². The highest BCUT2D eigenvalue weighted by Gasteiger charge is 2.16. The molecule has 0 bridgehead atoms. The molecule has 2 rings (SSSR count). The van der Waals surface area contributed by atoms with Crippen molar-refractivity contribution in [3.8, 4) is 0 Å². The summed E-state index contributed by atoms with van der Waals surface area (Å²) in [6.07, 6.45) is 3.12. The summed E-state index contributed by atoms with van der Waals surface area (Å²) < 4.78 is 26.2. The van der Waals surface area contributed by atoms with E-state index in [0.29, 0.717) is 17.7 Å². The maximum absolute atomic E-state index is 12.3. The van der Waals surface area contributed by atoms with Crippen molar-refractivity contribution >= 4 is 15.8 Å². The van der Waals surface area contributed by atoms with E-state index in [1.54, 1.807) is 17.1 Å². The lowest BCUT2D eigenvalue weighted by molar-refractivity contribution is -0.136. The second kappa shape index (κ2) is 6.09. The normalized spacial score (nSPS) is 11.5. The number of carbonyl (C=O) groups is 1. The van der Waals surface area contributed by atoms with Gasteiger partial charge in [-0.1, -0.05) is 12.1 Å². The summed E-state index contributed by atoms with van der Waals surface area (Å²) in [5.41, 5.74) is 1.20. The lowest BCUT2D eigenvalue weighted by Gasteiger charge is -2.04. The first-order chi connectivity index (χ1) is 9.90. The van der Waals surface area contributed by atoms with Crippen LogP contribution < -0.4 is 0 Å². The molecule has 0 spiro atoms. The van der Waals surface area contributed by atoms with Crippen LogP contribution in [-0.2, 0) is 33.4 Å². The predicted molar refractivity (Wildman–Crippen MR) is 76.6 cm³/mol. The minimum Gasteiger partial charge on any atom is -0.481 e. The minimum absolute atomic E-state index is 0.120. The average Bonchev–Trinajstić information content (AvgIpc) is 2.85. The van der Waals surface area contributed by atoms with E-state index in [1.165, 1.54) is 24.3 Å². The number of hydrogen-bond acceptors (Lipinski definition) is 4. The molecule has 0 fully saturated rings. The van der Waals surface area contributed by atoms with Crippen molar-refractivity contribution in [2.75, 3.05) is 0 Å². The monoisotopic (exact) mass is 308 g/mol. The van der Waals surface area contributed by atoms with E-state index in [4.69, 9.17) is 5.11 Å². The van der Waals surface area contributed by atoms with Crippen molar-refractivity contribution in [3.63, 3.8) is 0 Å². The highest BCUT2D eigenvalue weighted by molar-refractivity contribution is 7.90. The fourth-order valence-corrected chi connectivity index (χ4v) is 3.25. The van der Waals surface area contributed by atoms with Gasteiger partial charge in [-0.15, -0.1) is 0 Å². The van der Waals surface area contributed by atoms with Crippen LogP contribution in [-0.4, -0.2) is 29.3 Å². The zero-order chi connectivity index (χ0) is 15.5. The van der Waals surface area contributed by atoms with Crippen molar-refractivity contribution in [1.82, 2.24) is 9.78 Å². The highest BCUT2D eigenvalue weighted by atomic mass is 32.2. The molecule has 1 N–H and O–H groups in total. The maximum atomic E-state index is 12.3. The van der Waals surface area contributed by atoms with E-state index >= 15 is 0 Å².